The zero-order chi connectivity index (χ0) is 6.69. The topological polar surface area (TPSA) is 38.0 Å². The first kappa shape index (κ1) is 6.29. The highest BCUT2D eigenvalue weighted by molar-refractivity contribution is 4.77. The maximum Gasteiger partial charge on any atom is 0.0949 e. The Hall–Kier alpha value is -0.830. The molecule has 0 radical (unpaired) electrons. The van der Waals surface area contributed by atoms with Crippen molar-refractivity contribution < 1.29 is 5.11 Å². The Bertz CT molecular complexity index is 160. The lowest BCUT2D eigenvalue weighted by Crippen LogP contribution is -2.06. The molecule has 50 valence electrons. The van der Waals surface area contributed by atoms with E-state index in [0.29, 0.717) is 0 Å². The quantitative estimate of drug-likeness (QED) is 0.624. The Morgan fingerprint density at radius 1 is 1.78 bits per heavy atom. The van der Waals surface area contributed by atoms with Crippen LogP contribution in [0.25, 0.3) is 0 Å². The summed E-state index contributed by atoms with van der Waals surface area (Å²) in [5.74, 6) is 0. The molecular formula is C6H10N2O. The van der Waals surface area contributed by atoms with Gasteiger partial charge in [0.05, 0.1) is 19.0 Å². The minimum Gasteiger partial charge on any atom is -0.394 e. The number of aromatic nitrogens is 2. The summed E-state index contributed by atoms with van der Waals surface area (Å²) < 4.78 is 1.86. The second kappa shape index (κ2) is 2.64. The molecular weight excluding hydrogens is 116 g/mol. The van der Waals surface area contributed by atoms with Gasteiger partial charge in [-0.3, -0.25) is 0 Å². The van der Waals surface area contributed by atoms with Gasteiger partial charge >= 0.3 is 0 Å². The van der Waals surface area contributed by atoms with Crippen LogP contribution < -0.4 is 0 Å². The maximum atomic E-state index is 8.66. The number of aliphatic hydroxyl groups is 1. The van der Waals surface area contributed by atoms with Crippen LogP contribution in [-0.4, -0.2) is 21.3 Å². The van der Waals surface area contributed by atoms with E-state index < -0.39 is 0 Å². The molecule has 0 saturated carbocycles. The van der Waals surface area contributed by atoms with Crippen molar-refractivity contribution in [3.63, 3.8) is 0 Å². The van der Waals surface area contributed by atoms with Crippen LogP contribution in [0.4, 0.5) is 0 Å². The van der Waals surface area contributed by atoms with Crippen molar-refractivity contribution in [3.8, 4) is 0 Å². The largest absolute Gasteiger partial charge is 0.394 e. The van der Waals surface area contributed by atoms with Crippen molar-refractivity contribution >= 4 is 0 Å². The fraction of sp³-hybridized carbons (Fsp3) is 0.500. The number of aliphatic hydroxyl groups excluding tert-OH is 1. The van der Waals surface area contributed by atoms with Crippen LogP contribution in [0.5, 0.6) is 0 Å². The second-order valence-corrected chi connectivity index (χ2v) is 2.04. The Labute approximate surface area is 54.0 Å². The first-order valence-corrected chi connectivity index (χ1v) is 2.93. The Morgan fingerprint density at radius 2 is 2.56 bits per heavy atom. The zero-order valence-corrected chi connectivity index (χ0v) is 5.36. The Balaban J connectivity index is 2.65. The van der Waals surface area contributed by atoms with E-state index in [0.717, 1.165) is 0 Å². The van der Waals surface area contributed by atoms with Gasteiger partial charge in [0.1, 0.15) is 0 Å². The van der Waals surface area contributed by atoms with Gasteiger partial charge < -0.3 is 9.67 Å². The Kier molecular flexibility index (Phi) is 1.85. The van der Waals surface area contributed by atoms with E-state index in [1.165, 1.54) is 0 Å². The molecule has 0 unspecified atom stereocenters. The van der Waals surface area contributed by atoms with E-state index in [9.17, 15) is 0 Å². The van der Waals surface area contributed by atoms with Crippen LogP contribution in [0.15, 0.2) is 18.7 Å². The first-order chi connectivity index (χ1) is 4.34. The van der Waals surface area contributed by atoms with Gasteiger partial charge in [-0.15, -0.1) is 0 Å². The van der Waals surface area contributed by atoms with E-state index >= 15 is 0 Å². The molecule has 0 aliphatic rings. The number of nitrogens with zero attached hydrogens (tertiary/aromatic N) is 2. The van der Waals surface area contributed by atoms with Gasteiger partial charge in [0.25, 0.3) is 0 Å². The second-order valence-electron chi connectivity index (χ2n) is 2.04. The first-order valence-electron chi connectivity index (χ1n) is 2.93. The number of hydrogen-bond donors (Lipinski definition) is 1. The third kappa shape index (κ3) is 1.29. The number of hydrogen-bond acceptors (Lipinski definition) is 2. The molecule has 9 heavy (non-hydrogen) atoms. The van der Waals surface area contributed by atoms with Gasteiger partial charge in [-0.2, -0.15) is 0 Å². The normalized spacial score (nSPS) is 13.6. The van der Waals surface area contributed by atoms with E-state index in [1.54, 1.807) is 12.5 Å². The van der Waals surface area contributed by atoms with Crippen LogP contribution in [0.2, 0.25) is 0 Å². The molecule has 3 heteroatoms. The highest BCUT2D eigenvalue weighted by atomic mass is 16.3. The lowest BCUT2D eigenvalue weighted by atomic mass is 10.4. The number of rotatable bonds is 2. The minimum atomic E-state index is 0.146. The number of imidazole rings is 1. The molecule has 1 rings (SSSR count). The minimum absolute atomic E-state index is 0.146. The maximum absolute atomic E-state index is 8.66. The predicted molar refractivity (Wildman–Crippen MR) is 34.0 cm³/mol. The summed E-state index contributed by atoms with van der Waals surface area (Å²) in [5.41, 5.74) is 0. The van der Waals surface area contributed by atoms with Gasteiger partial charge in [0, 0.05) is 12.4 Å². The summed E-state index contributed by atoms with van der Waals surface area (Å²) in [4.78, 5) is 3.84. The molecule has 0 spiro atoms. The van der Waals surface area contributed by atoms with Crippen LogP contribution in [-0.2, 0) is 0 Å². The lowest BCUT2D eigenvalue weighted by Gasteiger charge is -2.07. The van der Waals surface area contributed by atoms with Crippen LogP contribution in [0.3, 0.4) is 0 Å². The highest BCUT2D eigenvalue weighted by Gasteiger charge is 1.98. The Morgan fingerprint density at radius 3 is 3.00 bits per heavy atom. The van der Waals surface area contributed by atoms with E-state index in [2.05, 4.69) is 4.98 Å². The summed E-state index contributed by atoms with van der Waals surface area (Å²) in [6.45, 7) is 2.10. The summed E-state index contributed by atoms with van der Waals surface area (Å²) in [7, 11) is 0. The molecule has 3 nitrogen and oxygen atoms in total. The lowest BCUT2D eigenvalue weighted by molar-refractivity contribution is 0.238. The predicted octanol–water partition coefficient (Wildman–Crippen LogP) is 0.436. The molecule has 1 heterocycles. The van der Waals surface area contributed by atoms with E-state index in [1.807, 2.05) is 17.7 Å². The van der Waals surface area contributed by atoms with Crippen molar-refractivity contribution in [2.24, 2.45) is 0 Å². The standard InChI is InChI=1S/C6H10N2O/c1-6(4-9)8-3-2-7-5-8/h2-3,5-6,9H,4H2,1H3/t6-/m1/s1. The summed E-state index contributed by atoms with van der Waals surface area (Å²) in [6, 6.07) is 0.146. The summed E-state index contributed by atoms with van der Waals surface area (Å²) in [6.07, 6.45) is 5.23. The monoisotopic (exact) mass is 126 g/mol. The average molecular weight is 126 g/mol. The zero-order valence-electron chi connectivity index (χ0n) is 5.36. The van der Waals surface area contributed by atoms with Gasteiger partial charge in [-0.05, 0) is 6.92 Å². The third-order valence-electron chi connectivity index (χ3n) is 1.30. The van der Waals surface area contributed by atoms with Crippen molar-refractivity contribution in [1.29, 1.82) is 0 Å². The fourth-order valence-corrected chi connectivity index (χ4v) is 0.624. The molecule has 0 bridgehead atoms. The van der Waals surface area contributed by atoms with Gasteiger partial charge in [-0.1, -0.05) is 0 Å². The van der Waals surface area contributed by atoms with Crippen LogP contribution in [0, 0.1) is 0 Å². The highest BCUT2D eigenvalue weighted by Crippen LogP contribution is 2.00. The summed E-state index contributed by atoms with van der Waals surface area (Å²) >= 11 is 0. The van der Waals surface area contributed by atoms with Crippen molar-refractivity contribution in [2.45, 2.75) is 13.0 Å². The third-order valence-corrected chi connectivity index (χ3v) is 1.30. The molecule has 0 aliphatic carbocycles. The molecule has 0 amide bonds. The van der Waals surface area contributed by atoms with Crippen LogP contribution in [0.1, 0.15) is 13.0 Å². The molecule has 1 N–H and O–H groups in total. The summed E-state index contributed by atoms with van der Waals surface area (Å²) in [5, 5.41) is 8.66. The van der Waals surface area contributed by atoms with Crippen molar-refractivity contribution in [2.75, 3.05) is 6.61 Å². The van der Waals surface area contributed by atoms with Crippen molar-refractivity contribution in [1.82, 2.24) is 9.55 Å². The smallest absolute Gasteiger partial charge is 0.0949 e. The SMILES string of the molecule is C[C@H](CO)n1ccnc1. The molecule has 1 atom stereocenters. The van der Waals surface area contributed by atoms with Crippen molar-refractivity contribution in [3.05, 3.63) is 18.7 Å². The molecule has 1 aromatic rings. The fourth-order valence-electron chi connectivity index (χ4n) is 0.624. The van der Waals surface area contributed by atoms with Crippen LogP contribution >= 0.6 is 0 Å². The van der Waals surface area contributed by atoms with Gasteiger partial charge in [0.15, 0.2) is 0 Å². The molecule has 0 aliphatic heterocycles. The van der Waals surface area contributed by atoms with Gasteiger partial charge in [0.2, 0.25) is 0 Å². The molecule has 0 aromatic carbocycles. The molecule has 0 saturated heterocycles. The average Bonchev–Trinajstić information content (AvgIpc) is 2.37. The van der Waals surface area contributed by atoms with E-state index in [-0.39, 0.29) is 12.6 Å². The van der Waals surface area contributed by atoms with E-state index in [4.69, 9.17) is 5.11 Å². The molecule has 1 aromatic heterocycles. The van der Waals surface area contributed by atoms with Gasteiger partial charge in [-0.25, -0.2) is 4.98 Å². The molecule has 0 fully saturated rings.